The summed E-state index contributed by atoms with van der Waals surface area (Å²) in [6, 6.07) is 3.61. The van der Waals surface area contributed by atoms with E-state index in [9.17, 15) is 4.79 Å². The minimum atomic E-state index is -1.17. The number of carboxylic acid groups (broad SMARTS) is 1. The number of carbonyl (C=O) groups is 1. The van der Waals surface area contributed by atoms with E-state index in [4.69, 9.17) is 9.84 Å². The Morgan fingerprint density at radius 1 is 1.21 bits per heavy atom. The zero-order chi connectivity index (χ0) is 14.0. The van der Waals surface area contributed by atoms with Crippen LogP contribution in [0.5, 0.6) is 11.6 Å². The summed E-state index contributed by atoms with van der Waals surface area (Å²) < 4.78 is 6.51. The molecule has 6 heteroatoms. The minimum absolute atomic E-state index is 0.0175. The summed E-state index contributed by atoms with van der Waals surface area (Å²) in [6.45, 7) is 3.86. The normalized spacial score (nSPS) is 10.3. The zero-order valence-electron chi connectivity index (χ0n) is 10.3. The summed E-state index contributed by atoms with van der Waals surface area (Å²) in [6.07, 6.45) is 2.70. The van der Waals surface area contributed by atoms with E-state index in [1.807, 2.05) is 13.8 Å². The molecule has 0 aliphatic carbocycles. The van der Waals surface area contributed by atoms with Gasteiger partial charge in [-0.25, -0.2) is 14.8 Å². The first-order valence-corrected chi connectivity index (χ1v) is 6.27. The number of aromatic nitrogens is 2. The molecule has 1 N–H and O–H groups in total. The Balaban J connectivity index is 2.39. The van der Waals surface area contributed by atoms with E-state index in [0.717, 1.165) is 15.6 Å². The van der Waals surface area contributed by atoms with Gasteiger partial charge in [-0.3, -0.25) is 0 Å². The molecule has 0 saturated heterocycles. The molecule has 0 spiro atoms. The lowest BCUT2D eigenvalue weighted by molar-refractivity contribution is 0.0686. The van der Waals surface area contributed by atoms with Gasteiger partial charge in [0.2, 0.25) is 5.69 Å². The number of rotatable bonds is 3. The van der Waals surface area contributed by atoms with Crippen molar-refractivity contribution in [1.82, 2.24) is 9.97 Å². The second-order valence-corrected chi connectivity index (χ2v) is 4.78. The quantitative estimate of drug-likeness (QED) is 0.938. The van der Waals surface area contributed by atoms with Gasteiger partial charge in [-0.15, -0.1) is 0 Å². The van der Waals surface area contributed by atoms with Crippen LogP contribution in [0.4, 0.5) is 0 Å². The second-order valence-electron chi connectivity index (χ2n) is 3.99. The Labute approximate surface area is 118 Å². The number of aryl methyl sites for hydroxylation is 2. The molecule has 98 valence electrons. The van der Waals surface area contributed by atoms with E-state index >= 15 is 0 Å². The molecule has 0 bridgehead atoms. The predicted molar refractivity (Wildman–Crippen MR) is 72.7 cm³/mol. The highest BCUT2D eigenvalue weighted by atomic mass is 79.9. The van der Waals surface area contributed by atoms with Gasteiger partial charge in [0.25, 0.3) is 5.88 Å². The van der Waals surface area contributed by atoms with Crippen molar-refractivity contribution in [2.24, 2.45) is 0 Å². The SMILES string of the molecule is Cc1cc(Oc2nccnc2C(=O)O)cc(C)c1Br. The van der Waals surface area contributed by atoms with Crippen LogP contribution in [-0.2, 0) is 0 Å². The third-order valence-corrected chi connectivity index (χ3v) is 3.74. The van der Waals surface area contributed by atoms with Crippen LogP contribution in [0.2, 0.25) is 0 Å². The van der Waals surface area contributed by atoms with Crippen molar-refractivity contribution in [3.05, 3.63) is 45.8 Å². The van der Waals surface area contributed by atoms with E-state index in [0.29, 0.717) is 5.75 Å². The molecule has 0 atom stereocenters. The third kappa shape index (κ3) is 2.90. The van der Waals surface area contributed by atoms with Crippen molar-refractivity contribution in [3.63, 3.8) is 0 Å². The summed E-state index contributed by atoms with van der Waals surface area (Å²) in [7, 11) is 0. The van der Waals surface area contributed by atoms with Gasteiger partial charge in [0.1, 0.15) is 5.75 Å². The van der Waals surface area contributed by atoms with Crippen molar-refractivity contribution >= 4 is 21.9 Å². The Morgan fingerprint density at radius 3 is 2.37 bits per heavy atom. The van der Waals surface area contributed by atoms with Crippen molar-refractivity contribution in [3.8, 4) is 11.6 Å². The lowest BCUT2D eigenvalue weighted by Crippen LogP contribution is -2.04. The highest BCUT2D eigenvalue weighted by molar-refractivity contribution is 9.10. The number of aromatic carboxylic acids is 1. The van der Waals surface area contributed by atoms with Gasteiger partial charge in [0.05, 0.1) is 0 Å². The van der Waals surface area contributed by atoms with Gasteiger partial charge < -0.3 is 9.84 Å². The average molecular weight is 323 g/mol. The smallest absolute Gasteiger partial charge is 0.360 e. The molecule has 0 radical (unpaired) electrons. The molecule has 0 aliphatic rings. The largest absolute Gasteiger partial charge is 0.476 e. The first-order chi connectivity index (χ1) is 8.99. The fourth-order valence-corrected chi connectivity index (χ4v) is 1.85. The molecule has 5 nitrogen and oxygen atoms in total. The molecule has 2 aromatic rings. The maximum Gasteiger partial charge on any atom is 0.360 e. The second kappa shape index (κ2) is 5.36. The van der Waals surface area contributed by atoms with Gasteiger partial charge in [0.15, 0.2) is 0 Å². The van der Waals surface area contributed by atoms with Crippen molar-refractivity contribution in [2.45, 2.75) is 13.8 Å². The number of carboxylic acids is 1. The van der Waals surface area contributed by atoms with Crippen LogP contribution in [-0.4, -0.2) is 21.0 Å². The van der Waals surface area contributed by atoms with E-state index in [1.165, 1.54) is 12.4 Å². The minimum Gasteiger partial charge on any atom is -0.476 e. The number of hydrogen-bond acceptors (Lipinski definition) is 4. The highest BCUT2D eigenvalue weighted by Gasteiger charge is 2.15. The van der Waals surface area contributed by atoms with Crippen molar-refractivity contribution < 1.29 is 14.6 Å². The fraction of sp³-hybridized carbons (Fsp3) is 0.154. The molecule has 0 unspecified atom stereocenters. The molecule has 0 saturated carbocycles. The van der Waals surface area contributed by atoms with Crippen LogP contribution in [0, 0.1) is 13.8 Å². The molecule has 1 aromatic heterocycles. The van der Waals surface area contributed by atoms with Crippen LogP contribution < -0.4 is 4.74 Å². The maximum atomic E-state index is 11.0. The average Bonchev–Trinajstić information content (AvgIpc) is 2.36. The first-order valence-electron chi connectivity index (χ1n) is 5.48. The summed E-state index contributed by atoms with van der Waals surface area (Å²) in [5, 5.41) is 9.01. The summed E-state index contributed by atoms with van der Waals surface area (Å²) in [5.74, 6) is -0.661. The lowest BCUT2D eigenvalue weighted by atomic mass is 10.1. The number of halogens is 1. The summed E-state index contributed by atoms with van der Waals surface area (Å²) in [5.41, 5.74) is 1.78. The van der Waals surface area contributed by atoms with Gasteiger partial charge >= 0.3 is 5.97 Å². The zero-order valence-corrected chi connectivity index (χ0v) is 11.9. The van der Waals surface area contributed by atoms with E-state index in [-0.39, 0.29) is 11.6 Å². The monoisotopic (exact) mass is 322 g/mol. The Bertz CT molecular complexity index is 621. The third-order valence-electron chi connectivity index (χ3n) is 2.49. The van der Waals surface area contributed by atoms with Gasteiger partial charge in [-0.1, -0.05) is 15.9 Å². The van der Waals surface area contributed by atoms with E-state index in [1.54, 1.807) is 12.1 Å². The summed E-state index contributed by atoms with van der Waals surface area (Å²) >= 11 is 3.46. The fourth-order valence-electron chi connectivity index (χ4n) is 1.62. The first kappa shape index (κ1) is 13.5. The van der Waals surface area contributed by atoms with E-state index in [2.05, 4.69) is 25.9 Å². The van der Waals surface area contributed by atoms with Gasteiger partial charge in [-0.2, -0.15) is 0 Å². The molecule has 19 heavy (non-hydrogen) atoms. The van der Waals surface area contributed by atoms with Crippen LogP contribution in [0.15, 0.2) is 29.0 Å². The molecule has 1 aromatic carbocycles. The topological polar surface area (TPSA) is 72.3 Å². The molecule has 0 amide bonds. The highest BCUT2D eigenvalue weighted by Crippen LogP contribution is 2.29. The molecule has 1 heterocycles. The number of benzene rings is 1. The van der Waals surface area contributed by atoms with Gasteiger partial charge in [-0.05, 0) is 37.1 Å². The number of ether oxygens (including phenoxy) is 1. The Kier molecular flexibility index (Phi) is 3.80. The van der Waals surface area contributed by atoms with Crippen LogP contribution >= 0.6 is 15.9 Å². The molecule has 0 aliphatic heterocycles. The predicted octanol–water partition coefficient (Wildman–Crippen LogP) is 3.35. The van der Waals surface area contributed by atoms with Gasteiger partial charge in [0, 0.05) is 16.9 Å². The molecule has 0 fully saturated rings. The van der Waals surface area contributed by atoms with Crippen molar-refractivity contribution in [1.29, 1.82) is 0 Å². The molecular weight excluding hydrogens is 312 g/mol. The molecular formula is C13H11BrN2O3. The Hall–Kier alpha value is -1.95. The lowest BCUT2D eigenvalue weighted by Gasteiger charge is -2.10. The van der Waals surface area contributed by atoms with Crippen LogP contribution in [0.3, 0.4) is 0 Å². The number of nitrogens with zero attached hydrogens (tertiary/aromatic N) is 2. The van der Waals surface area contributed by atoms with Crippen LogP contribution in [0.25, 0.3) is 0 Å². The Morgan fingerprint density at radius 2 is 1.79 bits per heavy atom. The standard InChI is InChI=1S/C13H11BrN2O3/c1-7-5-9(6-8(2)10(7)14)19-12-11(13(17)18)15-3-4-16-12/h3-6H,1-2H3,(H,17,18). The van der Waals surface area contributed by atoms with E-state index < -0.39 is 5.97 Å². The van der Waals surface area contributed by atoms with Crippen molar-refractivity contribution in [2.75, 3.05) is 0 Å². The maximum absolute atomic E-state index is 11.0. The molecule has 2 rings (SSSR count). The van der Waals surface area contributed by atoms with Crippen LogP contribution in [0.1, 0.15) is 21.6 Å². The summed E-state index contributed by atoms with van der Waals surface area (Å²) in [4.78, 5) is 18.7. The number of hydrogen-bond donors (Lipinski definition) is 1.